The summed E-state index contributed by atoms with van der Waals surface area (Å²) in [5.41, 5.74) is 0. The van der Waals surface area contributed by atoms with E-state index in [1.165, 1.54) is 0 Å². The SMILES string of the molecule is Cl.Cl.Cl.O.O.O.O.O.O.[Ce]. The smallest absolute Gasteiger partial charge is 0 e. The fourth-order valence-corrected chi connectivity index (χ4v) is 0. The van der Waals surface area contributed by atoms with Crippen molar-refractivity contribution in [1.29, 1.82) is 0 Å². The second-order valence-corrected chi connectivity index (χ2v) is 0. The van der Waals surface area contributed by atoms with Crippen molar-refractivity contribution in [2.24, 2.45) is 0 Å². The minimum atomic E-state index is 0. The summed E-state index contributed by atoms with van der Waals surface area (Å²) < 4.78 is 0. The molecule has 10 heteroatoms. The summed E-state index contributed by atoms with van der Waals surface area (Å²) in [6, 6.07) is 0. The summed E-state index contributed by atoms with van der Waals surface area (Å²) in [6.45, 7) is 0. The molecule has 0 aromatic carbocycles. The standard InChI is InChI=1S/Ce.3ClH.6H2O/h;3*1H;6*1H2. The van der Waals surface area contributed by atoms with Gasteiger partial charge in [0.25, 0.3) is 0 Å². The number of hydrogen-bond acceptors (Lipinski definition) is 0. The Morgan fingerprint density at radius 1 is 0.300 bits per heavy atom. The van der Waals surface area contributed by atoms with Gasteiger partial charge in [0.15, 0.2) is 0 Å². The van der Waals surface area contributed by atoms with Gasteiger partial charge in [0.1, 0.15) is 0 Å². The van der Waals surface area contributed by atoms with Crippen LogP contribution in [0.15, 0.2) is 0 Å². The van der Waals surface area contributed by atoms with Gasteiger partial charge in [0, 0.05) is 41.7 Å². The molecule has 76 valence electrons. The molecule has 0 aliphatic carbocycles. The molecule has 0 unspecified atom stereocenters. The van der Waals surface area contributed by atoms with E-state index in [4.69, 9.17) is 0 Å². The molecule has 0 atom stereocenters. The summed E-state index contributed by atoms with van der Waals surface area (Å²) in [5, 5.41) is 0. The predicted octanol–water partition coefficient (Wildman–Crippen LogP) is -3.68. The average Bonchev–Trinajstić information content (AvgIpc) is 0. The average molecular weight is 358 g/mol. The largest absolute Gasteiger partial charge is 0.412 e. The molecule has 0 bridgehead atoms. The summed E-state index contributed by atoms with van der Waals surface area (Å²) in [4.78, 5) is 0. The molecule has 0 fully saturated rings. The van der Waals surface area contributed by atoms with Crippen molar-refractivity contribution < 1.29 is 74.6 Å². The Morgan fingerprint density at radius 3 is 0.300 bits per heavy atom. The molecule has 10 heavy (non-hydrogen) atoms. The van der Waals surface area contributed by atoms with Crippen molar-refractivity contribution in [3.8, 4) is 0 Å². The monoisotopic (exact) mass is 356 g/mol. The van der Waals surface area contributed by atoms with Crippen LogP contribution in [0.4, 0.5) is 0 Å². The van der Waals surface area contributed by atoms with Gasteiger partial charge in [-0.1, -0.05) is 0 Å². The summed E-state index contributed by atoms with van der Waals surface area (Å²) in [7, 11) is 0. The van der Waals surface area contributed by atoms with E-state index in [2.05, 4.69) is 0 Å². The summed E-state index contributed by atoms with van der Waals surface area (Å²) >= 11 is 0. The van der Waals surface area contributed by atoms with Crippen molar-refractivity contribution in [3.63, 3.8) is 0 Å². The molecule has 0 saturated carbocycles. The first-order chi connectivity index (χ1) is 0. The van der Waals surface area contributed by atoms with E-state index >= 15 is 0 Å². The van der Waals surface area contributed by atoms with Crippen LogP contribution in [0.3, 0.4) is 0 Å². The molecule has 0 radical (unpaired) electrons. The third-order valence-electron chi connectivity index (χ3n) is 0. The normalized spacial score (nSPS) is 0. The van der Waals surface area contributed by atoms with Crippen molar-refractivity contribution in [3.05, 3.63) is 0 Å². The molecular weight excluding hydrogens is 342 g/mol. The minimum absolute atomic E-state index is 0. The predicted molar refractivity (Wildman–Crippen MR) is 43.4 cm³/mol. The van der Waals surface area contributed by atoms with E-state index in [1.807, 2.05) is 0 Å². The molecule has 6 nitrogen and oxygen atoms in total. The zero-order chi connectivity index (χ0) is 0. The number of halogens is 3. The molecule has 0 saturated heterocycles. The second-order valence-electron chi connectivity index (χ2n) is 0. The van der Waals surface area contributed by atoms with Crippen LogP contribution < -0.4 is 0 Å². The topological polar surface area (TPSA) is 189 Å². The van der Waals surface area contributed by atoms with Crippen molar-refractivity contribution in [1.82, 2.24) is 0 Å². The van der Waals surface area contributed by atoms with Gasteiger partial charge in [0.2, 0.25) is 0 Å². The van der Waals surface area contributed by atoms with Crippen LogP contribution in [0.25, 0.3) is 0 Å². The van der Waals surface area contributed by atoms with Crippen LogP contribution >= 0.6 is 37.2 Å². The van der Waals surface area contributed by atoms with Crippen LogP contribution in [-0.4, -0.2) is 32.9 Å². The van der Waals surface area contributed by atoms with Crippen LogP contribution in [0.5, 0.6) is 0 Å². The van der Waals surface area contributed by atoms with Gasteiger partial charge in [-0.25, -0.2) is 0 Å². The molecule has 0 amide bonds. The molecule has 0 aliphatic rings. The summed E-state index contributed by atoms with van der Waals surface area (Å²) in [6.07, 6.45) is 0. The van der Waals surface area contributed by atoms with Gasteiger partial charge in [-0.2, -0.15) is 0 Å². The first kappa shape index (κ1) is 361. The zero-order valence-corrected chi connectivity index (χ0v) is 10.3. The summed E-state index contributed by atoms with van der Waals surface area (Å²) in [5.74, 6) is 0. The fraction of sp³-hybridized carbons (Fsp3) is 0. The molecular formula is H15CeCl3O6. The van der Waals surface area contributed by atoms with Crippen LogP contribution in [-0.2, 0) is 0 Å². The zero-order valence-electron chi connectivity index (χ0n) is 4.72. The van der Waals surface area contributed by atoms with E-state index in [9.17, 15) is 0 Å². The third kappa shape index (κ3) is 202. The maximum atomic E-state index is 0. The molecule has 12 N–H and O–H groups in total. The van der Waals surface area contributed by atoms with Gasteiger partial charge in [-0.05, 0) is 0 Å². The Morgan fingerprint density at radius 2 is 0.300 bits per heavy atom. The van der Waals surface area contributed by atoms with E-state index in [0.717, 1.165) is 0 Å². The molecule has 0 heterocycles. The van der Waals surface area contributed by atoms with Crippen LogP contribution in [0.2, 0.25) is 0 Å². The van der Waals surface area contributed by atoms with Crippen LogP contribution in [0, 0.1) is 41.7 Å². The van der Waals surface area contributed by atoms with E-state index in [1.54, 1.807) is 0 Å². The van der Waals surface area contributed by atoms with Crippen molar-refractivity contribution in [2.75, 3.05) is 0 Å². The number of hydrogen-bond donors (Lipinski definition) is 0. The van der Waals surface area contributed by atoms with Gasteiger partial charge in [-0.3, -0.25) is 0 Å². The maximum Gasteiger partial charge on any atom is 0 e. The van der Waals surface area contributed by atoms with Crippen molar-refractivity contribution >= 4 is 37.2 Å². The van der Waals surface area contributed by atoms with E-state index in [-0.39, 0.29) is 112 Å². The second kappa shape index (κ2) is 274. The van der Waals surface area contributed by atoms with E-state index in [0.29, 0.717) is 0 Å². The Bertz CT molecular complexity index is 13.0. The molecule has 0 rings (SSSR count). The van der Waals surface area contributed by atoms with Gasteiger partial charge >= 0.3 is 0 Å². The Labute approximate surface area is 111 Å². The molecule has 0 spiro atoms. The van der Waals surface area contributed by atoms with E-state index < -0.39 is 0 Å². The fourth-order valence-electron chi connectivity index (χ4n) is 0. The Kier molecular flexibility index (Phi) is 9890. The molecule has 0 aromatic rings. The van der Waals surface area contributed by atoms with Gasteiger partial charge in [0.05, 0.1) is 0 Å². The van der Waals surface area contributed by atoms with Crippen molar-refractivity contribution in [2.45, 2.75) is 0 Å². The van der Waals surface area contributed by atoms with Gasteiger partial charge < -0.3 is 32.9 Å². The first-order valence-electron chi connectivity index (χ1n) is 0. The third-order valence-corrected chi connectivity index (χ3v) is 0. The molecule has 0 aromatic heterocycles. The number of rotatable bonds is 0. The first-order valence-corrected chi connectivity index (χ1v) is 0. The maximum absolute atomic E-state index is 0. The van der Waals surface area contributed by atoms with Crippen LogP contribution in [0.1, 0.15) is 0 Å². The quantitative estimate of drug-likeness (QED) is 0.413. The molecule has 0 aliphatic heterocycles. The van der Waals surface area contributed by atoms with Gasteiger partial charge in [-0.15, -0.1) is 37.2 Å². The minimum Gasteiger partial charge on any atom is -0.412 e. The Balaban J connectivity index is 0. The Hall–Kier alpha value is 2.01.